The molecule has 1 aliphatic heterocycles. The highest BCUT2D eigenvalue weighted by Gasteiger charge is 2.20. The van der Waals surface area contributed by atoms with Crippen LogP contribution in [0.15, 0.2) is 36.8 Å². The van der Waals surface area contributed by atoms with Crippen LogP contribution in [-0.4, -0.2) is 34.1 Å². The van der Waals surface area contributed by atoms with Crippen LogP contribution in [0.25, 0.3) is 0 Å². The van der Waals surface area contributed by atoms with Crippen molar-refractivity contribution in [2.75, 3.05) is 13.1 Å². The molecule has 0 aromatic carbocycles. The van der Waals surface area contributed by atoms with Gasteiger partial charge in [-0.25, -0.2) is 0 Å². The highest BCUT2D eigenvalue weighted by atomic mass is 35.5. The van der Waals surface area contributed by atoms with Crippen molar-refractivity contribution in [2.24, 2.45) is 0 Å². The molecule has 0 aliphatic carbocycles. The minimum absolute atomic E-state index is 0.243. The Morgan fingerprint density at radius 2 is 2.05 bits per heavy atom. The summed E-state index contributed by atoms with van der Waals surface area (Å²) in [5.41, 5.74) is 2.33. The van der Waals surface area contributed by atoms with Crippen molar-refractivity contribution in [2.45, 2.75) is 32.4 Å². The summed E-state index contributed by atoms with van der Waals surface area (Å²) in [6, 6.07) is 6.04. The lowest BCUT2D eigenvalue weighted by Gasteiger charge is -2.32. The van der Waals surface area contributed by atoms with Crippen molar-refractivity contribution in [3.05, 3.63) is 53.1 Å². The third-order valence-electron chi connectivity index (χ3n) is 3.90. The summed E-state index contributed by atoms with van der Waals surface area (Å²) in [7, 11) is 0. The van der Waals surface area contributed by atoms with E-state index in [4.69, 9.17) is 16.3 Å². The maximum absolute atomic E-state index is 5.96. The van der Waals surface area contributed by atoms with Gasteiger partial charge in [-0.3, -0.25) is 14.9 Å². The molecule has 0 bridgehead atoms. The van der Waals surface area contributed by atoms with Gasteiger partial charge in [-0.15, -0.1) is 0 Å². The first-order valence-corrected chi connectivity index (χ1v) is 7.98. The van der Waals surface area contributed by atoms with Crippen molar-refractivity contribution in [1.82, 2.24) is 14.9 Å². The Kier molecular flexibility index (Phi) is 4.90. The Hall–Kier alpha value is -1.65. The molecule has 5 heteroatoms. The summed E-state index contributed by atoms with van der Waals surface area (Å²) in [5, 5.41) is 0.613. The molecule has 1 aliphatic rings. The fourth-order valence-electron chi connectivity index (χ4n) is 2.68. The fourth-order valence-corrected chi connectivity index (χ4v) is 2.85. The average molecular weight is 318 g/mol. The molecule has 4 nitrogen and oxygen atoms in total. The number of halogens is 1. The van der Waals surface area contributed by atoms with Gasteiger partial charge in [0.2, 0.25) is 0 Å². The average Bonchev–Trinajstić information content (AvgIpc) is 2.52. The number of likely N-dealkylation sites (tertiary alicyclic amines) is 1. The van der Waals surface area contributed by atoms with Crippen molar-refractivity contribution in [3.63, 3.8) is 0 Å². The van der Waals surface area contributed by atoms with Gasteiger partial charge in [0.05, 0.1) is 11.2 Å². The van der Waals surface area contributed by atoms with Gasteiger partial charge in [0.1, 0.15) is 11.9 Å². The maximum atomic E-state index is 5.96. The number of piperidine rings is 1. The highest BCUT2D eigenvalue weighted by Crippen LogP contribution is 2.21. The van der Waals surface area contributed by atoms with E-state index >= 15 is 0 Å². The van der Waals surface area contributed by atoms with Crippen LogP contribution in [0.3, 0.4) is 0 Å². The van der Waals surface area contributed by atoms with Crippen LogP contribution in [-0.2, 0) is 6.54 Å². The first kappa shape index (κ1) is 15.3. The summed E-state index contributed by atoms with van der Waals surface area (Å²) in [4.78, 5) is 10.9. The van der Waals surface area contributed by atoms with Crippen molar-refractivity contribution < 1.29 is 4.74 Å². The third kappa shape index (κ3) is 4.18. The van der Waals surface area contributed by atoms with Crippen LogP contribution in [0, 0.1) is 6.92 Å². The molecule has 0 saturated carbocycles. The van der Waals surface area contributed by atoms with Gasteiger partial charge < -0.3 is 4.74 Å². The molecule has 2 aromatic heterocycles. The predicted molar refractivity (Wildman–Crippen MR) is 87.1 cm³/mol. The van der Waals surface area contributed by atoms with E-state index in [1.807, 2.05) is 19.2 Å². The Bertz CT molecular complexity index is 610. The minimum atomic E-state index is 0.243. The van der Waals surface area contributed by atoms with Gasteiger partial charge >= 0.3 is 0 Å². The predicted octanol–water partition coefficient (Wildman–Crippen LogP) is 3.48. The summed E-state index contributed by atoms with van der Waals surface area (Å²) in [6.07, 6.45) is 7.59. The second-order valence-corrected chi connectivity index (χ2v) is 6.18. The lowest BCUT2D eigenvalue weighted by atomic mass is 10.1. The minimum Gasteiger partial charge on any atom is -0.489 e. The van der Waals surface area contributed by atoms with Crippen LogP contribution in [0.4, 0.5) is 0 Å². The molecule has 1 saturated heterocycles. The van der Waals surface area contributed by atoms with Crippen molar-refractivity contribution >= 4 is 11.6 Å². The van der Waals surface area contributed by atoms with Crippen molar-refractivity contribution in [3.8, 4) is 5.75 Å². The smallest absolute Gasteiger partial charge is 0.139 e. The summed E-state index contributed by atoms with van der Waals surface area (Å²) >= 11 is 5.93. The molecule has 22 heavy (non-hydrogen) atoms. The summed E-state index contributed by atoms with van der Waals surface area (Å²) in [6.45, 7) is 5.04. The first-order valence-electron chi connectivity index (χ1n) is 7.60. The van der Waals surface area contributed by atoms with Gasteiger partial charge in [0.25, 0.3) is 0 Å². The largest absolute Gasteiger partial charge is 0.489 e. The van der Waals surface area contributed by atoms with E-state index in [1.165, 1.54) is 5.56 Å². The van der Waals surface area contributed by atoms with Crippen LogP contribution >= 0.6 is 11.6 Å². The van der Waals surface area contributed by atoms with Gasteiger partial charge in [0.15, 0.2) is 0 Å². The van der Waals surface area contributed by atoms with E-state index in [0.29, 0.717) is 5.02 Å². The number of aromatic nitrogens is 2. The first-order chi connectivity index (χ1) is 10.7. The maximum Gasteiger partial charge on any atom is 0.139 e. The fraction of sp³-hybridized carbons (Fsp3) is 0.412. The molecular formula is C17H20ClN3O. The molecule has 116 valence electrons. The SMILES string of the molecule is Cc1ccc(CN2CCC(Oc3cncc(Cl)c3)CC2)cn1. The summed E-state index contributed by atoms with van der Waals surface area (Å²) < 4.78 is 5.96. The molecule has 2 aromatic rings. The number of aryl methyl sites for hydroxylation is 1. The topological polar surface area (TPSA) is 38.2 Å². The highest BCUT2D eigenvalue weighted by molar-refractivity contribution is 6.30. The number of rotatable bonds is 4. The zero-order valence-electron chi connectivity index (χ0n) is 12.7. The molecule has 0 spiro atoms. The molecule has 0 amide bonds. The van der Waals surface area contributed by atoms with Gasteiger partial charge in [-0.2, -0.15) is 0 Å². The molecule has 3 rings (SSSR count). The van der Waals surface area contributed by atoms with E-state index in [2.05, 4.69) is 27.0 Å². The third-order valence-corrected chi connectivity index (χ3v) is 4.10. The molecule has 1 fully saturated rings. The van der Waals surface area contributed by atoms with Crippen molar-refractivity contribution in [1.29, 1.82) is 0 Å². The standard InChI is InChI=1S/C17H20ClN3O/c1-13-2-3-14(9-20-13)12-21-6-4-16(5-7-21)22-17-8-15(18)10-19-11-17/h2-3,8-11,16H,4-7,12H2,1H3. The second-order valence-electron chi connectivity index (χ2n) is 5.74. The van der Waals surface area contributed by atoms with Crippen LogP contribution in [0.2, 0.25) is 5.02 Å². The number of ether oxygens (including phenoxy) is 1. The van der Waals surface area contributed by atoms with E-state index in [9.17, 15) is 0 Å². The number of nitrogens with zero attached hydrogens (tertiary/aromatic N) is 3. The lowest BCUT2D eigenvalue weighted by molar-refractivity contribution is 0.0964. The Balaban J connectivity index is 1.49. The molecule has 0 unspecified atom stereocenters. The van der Waals surface area contributed by atoms with Gasteiger partial charge in [-0.1, -0.05) is 17.7 Å². The normalized spacial score (nSPS) is 16.6. The molecule has 0 radical (unpaired) electrons. The van der Waals surface area contributed by atoms with Crippen LogP contribution in [0.1, 0.15) is 24.1 Å². The molecular weight excluding hydrogens is 298 g/mol. The molecule has 0 N–H and O–H groups in total. The van der Waals surface area contributed by atoms with E-state index in [1.54, 1.807) is 12.4 Å². The van der Waals surface area contributed by atoms with E-state index < -0.39 is 0 Å². The lowest BCUT2D eigenvalue weighted by Crippen LogP contribution is -2.37. The van der Waals surface area contributed by atoms with Crippen LogP contribution < -0.4 is 4.74 Å². The van der Waals surface area contributed by atoms with Gasteiger partial charge in [-0.05, 0) is 31.4 Å². The summed E-state index contributed by atoms with van der Waals surface area (Å²) in [5.74, 6) is 0.758. The molecule has 0 atom stereocenters. The number of hydrogen-bond donors (Lipinski definition) is 0. The Labute approximate surface area is 136 Å². The Morgan fingerprint density at radius 3 is 2.73 bits per heavy atom. The Morgan fingerprint density at radius 1 is 1.23 bits per heavy atom. The van der Waals surface area contributed by atoms with E-state index in [0.717, 1.165) is 43.9 Å². The van der Waals surface area contributed by atoms with E-state index in [-0.39, 0.29) is 6.10 Å². The van der Waals surface area contributed by atoms with Crippen LogP contribution in [0.5, 0.6) is 5.75 Å². The number of pyridine rings is 2. The van der Waals surface area contributed by atoms with Gasteiger partial charge in [0, 0.05) is 43.8 Å². The zero-order valence-corrected chi connectivity index (χ0v) is 13.5. The monoisotopic (exact) mass is 317 g/mol. The zero-order chi connectivity index (χ0) is 15.4. The number of hydrogen-bond acceptors (Lipinski definition) is 4. The second kappa shape index (κ2) is 7.07. The molecule has 3 heterocycles. The quantitative estimate of drug-likeness (QED) is 0.865.